The Labute approximate surface area is 135 Å². The minimum Gasteiger partial charge on any atom is -0.314 e. The number of rotatable bonds is 3. The Bertz CT molecular complexity index is 649. The molecule has 2 heterocycles. The summed E-state index contributed by atoms with van der Waals surface area (Å²) in [7, 11) is -3.83. The van der Waals surface area contributed by atoms with Crippen LogP contribution < -0.4 is 5.32 Å². The second-order valence-electron chi connectivity index (χ2n) is 5.67. The van der Waals surface area contributed by atoms with Crippen LogP contribution in [-0.4, -0.2) is 62.9 Å². The zero-order chi connectivity index (χ0) is 15.7. The Hall–Kier alpha value is -0.730. The Balaban J connectivity index is 1.77. The Kier molecular flexibility index (Phi) is 4.70. The van der Waals surface area contributed by atoms with Crippen molar-refractivity contribution in [1.82, 2.24) is 14.5 Å². The summed E-state index contributed by atoms with van der Waals surface area (Å²) in [5.74, 6) is -0.755. The summed E-state index contributed by atoms with van der Waals surface area (Å²) >= 11 is 5.82. The summed E-state index contributed by atoms with van der Waals surface area (Å²) < 4.78 is 40.5. The largest absolute Gasteiger partial charge is 0.314 e. The van der Waals surface area contributed by atoms with Crippen molar-refractivity contribution in [3.8, 4) is 0 Å². The minimum absolute atomic E-state index is 0.208. The second-order valence-corrected chi connectivity index (χ2v) is 8.01. The molecule has 2 aliphatic rings. The lowest BCUT2D eigenvalue weighted by Crippen LogP contribution is -2.49. The van der Waals surface area contributed by atoms with Gasteiger partial charge in [-0.3, -0.25) is 4.90 Å². The number of piperazine rings is 1. The van der Waals surface area contributed by atoms with Crippen LogP contribution >= 0.6 is 11.6 Å². The predicted octanol–water partition coefficient (Wildman–Crippen LogP) is 1.15. The molecule has 8 heteroatoms. The van der Waals surface area contributed by atoms with E-state index in [4.69, 9.17) is 11.6 Å². The van der Waals surface area contributed by atoms with Gasteiger partial charge in [-0.15, -0.1) is 0 Å². The van der Waals surface area contributed by atoms with Crippen LogP contribution in [-0.2, 0) is 10.0 Å². The van der Waals surface area contributed by atoms with E-state index in [0.717, 1.165) is 38.7 Å². The monoisotopic (exact) mass is 347 g/mol. The van der Waals surface area contributed by atoms with Crippen molar-refractivity contribution in [3.05, 3.63) is 29.0 Å². The fourth-order valence-electron chi connectivity index (χ4n) is 3.09. The molecule has 22 heavy (non-hydrogen) atoms. The van der Waals surface area contributed by atoms with Gasteiger partial charge < -0.3 is 5.32 Å². The highest BCUT2D eigenvalue weighted by Crippen LogP contribution is 2.27. The van der Waals surface area contributed by atoms with Gasteiger partial charge in [-0.2, -0.15) is 4.31 Å². The third-order valence-corrected chi connectivity index (χ3v) is 6.42. The molecule has 1 atom stereocenters. The molecule has 2 saturated heterocycles. The fraction of sp³-hybridized carbons (Fsp3) is 0.571. The number of benzene rings is 1. The molecule has 5 nitrogen and oxygen atoms in total. The highest BCUT2D eigenvalue weighted by atomic mass is 35.5. The molecule has 122 valence electrons. The van der Waals surface area contributed by atoms with Gasteiger partial charge in [0.1, 0.15) is 10.7 Å². The molecule has 0 bridgehead atoms. The van der Waals surface area contributed by atoms with Gasteiger partial charge >= 0.3 is 0 Å². The van der Waals surface area contributed by atoms with E-state index in [9.17, 15) is 12.8 Å². The molecular weight excluding hydrogens is 329 g/mol. The summed E-state index contributed by atoms with van der Waals surface area (Å²) in [4.78, 5) is 1.97. The van der Waals surface area contributed by atoms with Crippen LogP contribution in [0.2, 0.25) is 5.02 Å². The van der Waals surface area contributed by atoms with Gasteiger partial charge in [-0.1, -0.05) is 11.6 Å². The molecule has 3 rings (SSSR count). The molecule has 2 fully saturated rings. The molecule has 0 spiro atoms. The van der Waals surface area contributed by atoms with Crippen LogP contribution in [0, 0.1) is 5.82 Å². The first-order valence-electron chi connectivity index (χ1n) is 7.38. The lowest BCUT2D eigenvalue weighted by atomic mass is 10.2. The number of nitrogens with one attached hydrogen (secondary N) is 1. The van der Waals surface area contributed by atoms with Crippen LogP contribution in [0.25, 0.3) is 0 Å². The first kappa shape index (κ1) is 16.1. The lowest BCUT2D eigenvalue weighted by molar-refractivity contribution is 0.179. The van der Waals surface area contributed by atoms with Gasteiger partial charge in [0.05, 0.1) is 0 Å². The fourth-order valence-corrected chi connectivity index (χ4v) is 4.91. The van der Waals surface area contributed by atoms with E-state index in [1.807, 2.05) is 0 Å². The zero-order valence-corrected chi connectivity index (χ0v) is 13.7. The molecule has 0 radical (unpaired) electrons. The maximum absolute atomic E-state index is 13.9. The molecule has 0 aromatic heterocycles. The van der Waals surface area contributed by atoms with Crippen LogP contribution in [0.3, 0.4) is 0 Å². The number of hydrogen-bond acceptors (Lipinski definition) is 4. The minimum atomic E-state index is -3.83. The number of sulfonamides is 1. The van der Waals surface area contributed by atoms with Gasteiger partial charge in [-0.25, -0.2) is 12.8 Å². The molecule has 0 saturated carbocycles. The van der Waals surface area contributed by atoms with Gasteiger partial charge in [-0.05, 0) is 24.6 Å². The number of hydrogen-bond donors (Lipinski definition) is 1. The van der Waals surface area contributed by atoms with Crippen LogP contribution in [0.15, 0.2) is 23.1 Å². The average Bonchev–Trinajstić information content (AvgIpc) is 3.01. The molecule has 1 N–H and O–H groups in total. The van der Waals surface area contributed by atoms with Gasteiger partial charge in [0.25, 0.3) is 0 Å². The van der Waals surface area contributed by atoms with Crippen LogP contribution in [0.1, 0.15) is 6.42 Å². The van der Waals surface area contributed by atoms with E-state index in [2.05, 4.69) is 10.2 Å². The normalized spacial score (nSPS) is 24.7. The number of halogens is 2. The van der Waals surface area contributed by atoms with Crippen molar-refractivity contribution in [2.75, 3.05) is 39.3 Å². The maximum Gasteiger partial charge on any atom is 0.246 e. The molecule has 0 amide bonds. The smallest absolute Gasteiger partial charge is 0.246 e. The molecule has 1 aromatic rings. The third kappa shape index (κ3) is 3.14. The van der Waals surface area contributed by atoms with E-state index >= 15 is 0 Å². The van der Waals surface area contributed by atoms with Crippen molar-refractivity contribution in [1.29, 1.82) is 0 Å². The Morgan fingerprint density at radius 2 is 1.95 bits per heavy atom. The quantitative estimate of drug-likeness (QED) is 0.891. The lowest BCUT2D eigenvalue weighted by Gasteiger charge is -2.32. The first-order chi connectivity index (χ1) is 10.5. The predicted molar refractivity (Wildman–Crippen MR) is 83.0 cm³/mol. The molecule has 2 aliphatic heterocycles. The van der Waals surface area contributed by atoms with Crippen molar-refractivity contribution in [2.24, 2.45) is 0 Å². The summed E-state index contributed by atoms with van der Waals surface area (Å²) in [6, 6.07) is 3.84. The topological polar surface area (TPSA) is 52.7 Å². The van der Waals surface area contributed by atoms with Crippen LogP contribution in [0.5, 0.6) is 0 Å². The highest BCUT2D eigenvalue weighted by Gasteiger charge is 2.36. The summed E-state index contributed by atoms with van der Waals surface area (Å²) in [5.41, 5.74) is 0. The Morgan fingerprint density at radius 1 is 1.23 bits per heavy atom. The molecular formula is C14H19ClFN3O2S. The standard InChI is InChI=1S/C14H19ClFN3O2S/c15-11-1-2-13(16)14(9-11)22(20,21)19-6-3-12(10-19)18-7-4-17-5-8-18/h1-2,9,12,17H,3-8,10H2. The summed E-state index contributed by atoms with van der Waals surface area (Å²) in [6.45, 7) is 4.52. The highest BCUT2D eigenvalue weighted by molar-refractivity contribution is 7.89. The van der Waals surface area contributed by atoms with Crippen molar-refractivity contribution in [2.45, 2.75) is 17.4 Å². The van der Waals surface area contributed by atoms with Crippen molar-refractivity contribution >= 4 is 21.6 Å². The van der Waals surface area contributed by atoms with Gasteiger partial charge in [0.2, 0.25) is 10.0 Å². The van der Waals surface area contributed by atoms with Crippen molar-refractivity contribution < 1.29 is 12.8 Å². The van der Waals surface area contributed by atoms with Crippen molar-refractivity contribution in [3.63, 3.8) is 0 Å². The number of nitrogens with zero attached hydrogens (tertiary/aromatic N) is 2. The SMILES string of the molecule is O=S(=O)(c1cc(Cl)ccc1F)N1CCC(N2CCNCC2)C1. The second kappa shape index (κ2) is 6.41. The van der Waals surface area contributed by atoms with Gasteiger partial charge in [0, 0.05) is 50.3 Å². The average molecular weight is 348 g/mol. The maximum atomic E-state index is 13.9. The molecule has 1 unspecified atom stereocenters. The molecule has 0 aliphatic carbocycles. The first-order valence-corrected chi connectivity index (χ1v) is 9.20. The zero-order valence-electron chi connectivity index (χ0n) is 12.1. The van der Waals surface area contributed by atoms with Crippen LogP contribution in [0.4, 0.5) is 4.39 Å². The van der Waals surface area contributed by atoms with E-state index in [1.165, 1.54) is 16.4 Å². The van der Waals surface area contributed by atoms with E-state index in [0.29, 0.717) is 13.1 Å². The summed E-state index contributed by atoms with van der Waals surface area (Å²) in [5, 5.41) is 3.50. The third-order valence-electron chi connectivity index (χ3n) is 4.31. The van der Waals surface area contributed by atoms with E-state index < -0.39 is 15.8 Å². The van der Waals surface area contributed by atoms with E-state index in [-0.39, 0.29) is 16.0 Å². The van der Waals surface area contributed by atoms with E-state index in [1.54, 1.807) is 0 Å². The Morgan fingerprint density at radius 3 is 2.68 bits per heavy atom. The van der Waals surface area contributed by atoms with Gasteiger partial charge in [0.15, 0.2) is 0 Å². The molecule has 1 aromatic carbocycles. The summed E-state index contributed by atoms with van der Waals surface area (Å²) in [6.07, 6.45) is 0.779.